The van der Waals surface area contributed by atoms with Gasteiger partial charge >= 0.3 is 6.03 Å². The molecule has 1 aliphatic carbocycles. The number of urea groups is 1. The predicted octanol–water partition coefficient (Wildman–Crippen LogP) is 2.45. The predicted molar refractivity (Wildman–Crippen MR) is 88.9 cm³/mol. The molecule has 1 saturated heterocycles. The van der Waals surface area contributed by atoms with Gasteiger partial charge in [0, 0.05) is 26.1 Å². The molecule has 1 aromatic carbocycles. The molecule has 1 heterocycles. The summed E-state index contributed by atoms with van der Waals surface area (Å²) < 4.78 is 0. The van der Waals surface area contributed by atoms with Crippen LogP contribution in [0, 0.1) is 5.92 Å². The summed E-state index contributed by atoms with van der Waals surface area (Å²) in [5.74, 6) is 0.803. The van der Waals surface area contributed by atoms with Crippen molar-refractivity contribution >= 4 is 11.9 Å². The monoisotopic (exact) mass is 315 g/mol. The lowest BCUT2D eigenvalue weighted by atomic mass is 10.0. The maximum absolute atomic E-state index is 12.1. The van der Waals surface area contributed by atoms with Gasteiger partial charge in [-0.25, -0.2) is 4.79 Å². The van der Waals surface area contributed by atoms with Crippen molar-refractivity contribution in [3.8, 4) is 0 Å². The molecular formula is C18H25N3O2. The number of nitrogens with zero attached hydrogens (tertiary/aromatic N) is 1. The molecule has 3 rings (SSSR count). The van der Waals surface area contributed by atoms with Crippen LogP contribution >= 0.6 is 0 Å². The van der Waals surface area contributed by atoms with Gasteiger partial charge in [-0.15, -0.1) is 0 Å². The van der Waals surface area contributed by atoms with Gasteiger partial charge in [0.1, 0.15) is 0 Å². The van der Waals surface area contributed by atoms with E-state index in [-0.39, 0.29) is 18.0 Å². The van der Waals surface area contributed by atoms with E-state index in [1.165, 1.54) is 18.4 Å². The molecule has 5 nitrogen and oxygen atoms in total. The normalized spacial score (nSPS) is 18.8. The van der Waals surface area contributed by atoms with Gasteiger partial charge in [0.2, 0.25) is 5.91 Å². The lowest BCUT2D eigenvalue weighted by Crippen LogP contribution is -2.40. The van der Waals surface area contributed by atoms with E-state index in [9.17, 15) is 9.59 Å². The largest absolute Gasteiger partial charge is 0.343 e. The van der Waals surface area contributed by atoms with Crippen LogP contribution in [-0.4, -0.2) is 36.5 Å². The van der Waals surface area contributed by atoms with E-state index in [1.807, 2.05) is 23.1 Å². The van der Waals surface area contributed by atoms with Gasteiger partial charge in [0.25, 0.3) is 0 Å². The molecule has 1 aliphatic heterocycles. The molecule has 3 amide bonds. The Kier molecular flexibility index (Phi) is 5.16. The van der Waals surface area contributed by atoms with Crippen molar-refractivity contribution in [2.45, 2.75) is 38.1 Å². The Morgan fingerprint density at radius 1 is 1.26 bits per heavy atom. The van der Waals surface area contributed by atoms with Crippen LogP contribution in [0.1, 0.15) is 43.7 Å². The Balaban J connectivity index is 1.40. The highest BCUT2D eigenvalue weighted by molar-refractivity contribution is 5.78. The topological polar surface area (TPSA) is 61.4 Å². The van der Waals surface area contributed by atoms with Crippen molar-refractivity contribution in [3.05, 3.63) is 35.9 Å². The summed E-state index contributed by atoms with van der Waals surface area (Å²) in [5.41, 5.74) is 1.17. The smallest absolute Gasteiger partial charge is 0.315 e. The quantitative estimate of drug-likeness (QED) is 0.759. The number of rotatable bonds is 7. The van der Waals surface area contributed by atoms with Crippen molar-refractivity contribution in [2.75, 3.05) is 19.6 Å². The first-order valence-corrected chi connectivity index (χ1v) is 8.61. The molecule has 23 heavy (non-hydrogen) atoms. The fourth-order valence-corrected chi connectivity index (χ4v) is 3.17. The minimum Gasteiger partial charge on any atom is -0.343 e. The average Bonchev–Trinajstić information content (AvgIpc) is 3.33. The number of hydrogen-bond donors (Lipinski definition) is 2. The second kappa shape index (κ2) is 7.49. The van der Waals surface area contributed by atoms with Gasteiger partial charge in [0.15, 0.2) is 0 Å². The van der Waals surface area contributed by atoms with Crippen molar-refractivity contribution in [3.63, 3.8) is 0 Å². The fourth-order valence-electron chi connectivity index (χ4n) is 3.17. The molecule has 1 saturated carbocycles. The third-order valence-electron chi connectivity index (χ3n) is 4.60. The number of benzene rings is 1. The molecular weight excluding hydrogens is 290 g/mol. The standard InChI is InChI=1S/C18H25N3O2/c22-16-8-4-12-21(16)13-5-11-19-18(23)20-17(15-9-10-15)14-6-2-1-3-7-14/h1-3,6-7,15,17H,4-5,8-13H2,(H2,19,20,23)/t17-/m1/s1. The summed E-state index contributed by atoms with van der Waals surface area (Å²) in [7, 11) is 0. The van der Waals surface area contributed by atoms with Crippen LogP contribution in [0.3, 0.4) is 0 Å². The van der Waals surface area contributed by atoms with E-state index in [1.54, 1.807) is 0 Å². The Morgan fingerprint density at radius 3 is 2.70 bits per heavy atom. The fraction of sp³-hybridized carbons (Fsp3) is 0.556. The van der Waals surface area contributed by atoms with Crippen molar-refractivity contribution < 1.29 is 9.59 Å². The third-order valence-corrected chi connectivity index (χ3v) is 4.60. The van der Waals surface area contributed by atoms with E-state index >= 15 is 0 Å². The minimum absolute atomic E-state index is 0.108. The number of hydrogen-bond acceptors (Lipinski definition) is 2. The van der Waals surface area contributed by atoms with Gasteiger partial charge < -0.3 is 15.5 Å². The highest BCUT2D eigenvalue weighted by Crippen LogP contribution is 2.40. The molecule has 0 unspecified atom stereocenters. The Bertz CT molecular complexity index is 542. The van der Waals surface area contributed by atoms with Crippen LogP contribution < -0.4 is 10.6 Å². The zero-order chi connectivity index (χ0) is 16.1. The lowest BCUT2D eigenvalue weighted by Gasteiger charge is -2.20. The zero-order valence-corrected chi connectivity index (χ0v) is 13.5. The van der Waals surface area contributed by atoms with Crippen LogP contribution in [0.4, 0.5) is 4.79 Å². The first-order chi connectivity index (χ1) is 11.2. The Hall–Kier alpha value is -2.04. The molecule has 124 valence electrons. The summed E-state index contributed by atoms with van der Waals surface area (Å²) in [6.45, 7) is 2.20. The Morgan fingerprint density at radius 2 is 2.04 bits per heavy atom. The van der Waals surface area contributed by atoms with Crippen LogP contribution in [0.15, 0.2) is 30.3 Å². The second-order valence-corrected chi connectivity index (χ2v) is 6.46. The summed E-state index contributed by atoms with van der Waals surface area (Å²) >= 11 is 0. The molecule has 0 radical (unpaired) electrons. The SMILES string of the molecule is O=C(NCCCN1CCCC1=O)N[C@H](c1ccccc1)C1CC1. The van der Waals surface area contributed by atoms with Crippen LogP contribution in [-0.2, 0) is 4.79 Å². The molecule has 0 spiro atoms. The number of amides is 3. The highest BCUT2D eigenvalue weighted by atomic mass is 16.2. The van der Waals surface area contributed by atoms with E-state index in [0.717, 1.165) is 25.9 Å². The first-order valence-electron chi connectivity index (χ1n) is 8.61. The number of carbonyl (C=O) groups excluding carboxylic acids is 2. The number of nitrogens with one attached hydrogen (secondary N) is 2. The highest BCUT2D eigenvalue weighted by Gasteiger charge is 2.33. The summed E-state index contributed by atoms with van der Waals surface area (Å²) in [5, 5.41) is 6.02. The van der Waals surface area contributed by atoms with E-state index in [2.05, 4.69) is 22.8 Å². The van der Waals surface area contributed by atoms with Crippen LogP contribution in [0.25, 0.3) is 0 Å². The molecule has 2 N–H and O–H groups in total. The van der Waals surface area contributed by atoms with Crippen LogP contribution in [0.5, 0.6) is 0 Å². The third kappa shape index (κ3) is 4.47. The van der Waals surface area contributed by atoms with E-state index < -0.39 is 0 Å². The number of carbonyl (C=O) groups is 2. The van der Waals surface area contributed by atoms with Gasteiger partial charge in [-0.05, 0) is 37.2 Å². The van der Waals surface area contributed by atoms with Crippen molar-refractivity contribution in [1.82, 2.24) is 15.5 Å². The molecule has 2 fully saturated rings. The minimum atomic E-state index is -0.112. The molecule has 0 bridgehead atoms. The maximum atomic E-state index is 12.1. The molecule has 5 heteroatoms. The summed E-state index contributed by atoms with van der Waals surface area (Å²) in [4.78, 5) is 25.5. The zero-order valence-electron chi connectivity index (χ0n) is 13.5. The van der Waals surface area contributed by atoms with Gasteiger partial charge in [-0.3, -0.25) is 4.79 Å². The van der Waals surface area contributed by atoms with Gasteiger partial charge in [-0.1, -0.05) is 30.3 Å². The van der Waals surface area contributed by atoms with E-state index in [0.29, 0.717) is 18.9 Å². The first kappa shape index (κ1) is 15.8. The maximum Gasteiger partial charge on any atom is 0.315 e. The summed E-state index contributed by atoms with van der Waals surface area (Å²) in [6, 6.07) is 10.2. The van der Waals surface area contributed by atoms with Crippen LogP contribution in [0.2, 0.25) is 0 Å². The van der Waals surface area contributed by atoms with Gasteiger partial charge in [-0.2, -0.15) is 0 Å². The lowest BCUT2D eigenvalue weighted by molar-refractivity contribution is -0.127. The molecule has 1 aromatic rings. The van der Waals surface area contributed by atoms with Crippen molar-refractivity contribution in [2.24, 2.45) is 5.92 Å². The van der Waals surface area contributed by atoms with Crippen molar-refractivity contribution in [1.29, 1.82) is 0 Å². The average molecular weight is 315 g/mol. The number of likely N-dealkylation sites (tertiary alicyclic amines) is 1. The summed E-state index contributed by atoms with van der Waals surface area (Å²) in [6.07, 6.45) is 4.80. The van der Waals surface area contributed by atoms with Gasteiger partial charge in [0.05, 0.1) is 6.04 Å². The molecule has 0 aromatic heterocycles. The second-order valence-electron chi connectivity index (χ2n) is 6.46. The molecule has 2 aliphatic rings. The van der Waals surface area contributed by atoms with E-state index in [4.69, 9.17) is 0 Å². The molecule has 1 atom stereocenters. The Labute approximate surface area is 137 Å².